The van der Waals surface area contributed by atoms with Gasteiger partial charge in [0.15, 0.2) is 0 Å². The molecule has 1 nitrogen and oxygen atoms in total. The number of nitrogens with zero attached hydrogens (tertiary/aromatic N) is 1. The molecule has 0 aliphatic heterocycles. The Kier molecular flexibility index (Phi) is 5.57. The number of hydrogen-bond acceptors (Lipinski definition) is 1. The molecule has 7 heavy (non-hydrogen) atoms. The molecule has 0 rings (SSSR count). The van der Waals surface area contributed by atoms with Crippen molar-refractivity contribution in [1.82, 2.24) is 3.94 Å². The third kappa shape index (κ3) is 6.83. The number of rotatable bonds is 3. The molecule has 0 aromatic carbocycles. The summed E-state index contributed by atoms with van der Waals surface area (Å²) in [5.41, 5.74) is 0. The van der Waals surface area contributed by atoms with Crippen LogP contribution < -0.4 is 0 Å². The first-order valence-corrected chi connectivity index (χ1v) is 3.13. The second-order valence-electron chi connectivity index (χ2n) is 1.07. The van der Waals surface area contributed by atoms with E-state index < -0.39 is 0 Å². The van der Waals surface area contributed by atoms with Crippen molar-refractivity contribution in [2.75, 3.05) is 12.4 Å². The van der Waals surface area contributed by atoms with E-state index in [1.807, 2.05) is 0 Å². The fraction of sp³-hybridized carbons (Fsp3) is 1.00. The van der Waals surface area contributed by atoms with Gasteiger partial charge in [0.25, 0.3) is 0 Å². The molecule has 4 heteroatoms. The van der Waals surface area contributed by atoms with Crippen LogP contribution in [0.4, 0.5) is 0 Å². The van der Waals surface area contributed by atoms with Gasteiger partial charge >= 0.3 is 0 Å². The largest absolute Gasteiger partial charge is 0.132 e. The topological polar surface area (TPSA) is 3.24 Å². The minimum absolute atomic E-state index is 0.607. The zero-order chi connectivity index (χ0) is 5.70. The maximum absolute atomic E-state index is 5.30. The van der Waals surface area contributed by atoms with Crippen molar-refractivity contribution in [3.8, 4) is 0 Å². The Bertz CT molecular complexity index is 39.2. The van der Waals surface area contributed by atoms with Crippen molar-refractivity contribution in [2.24, 2.45) is 0 Å². The summed E-state index contributed by atoms with van der Waals surface area (Å²) in [5.74, 6) is 0.607. The average molecular weight is 162 g/mol. The van der Waals surface area contributed by atoms with Gasteiger partial charge in [-0.2, -0.15) is 0 Å². The molecular weight excluding hydrogens is 156 g/mol. The summed E-state index contributed by atoms with van der Waals surface area (Å²) in [7, 11) is 0. The van der Waals surface area contributed by atoms with E-state index in [1.165, 1.54) is 0 Å². The summed E-state index contributed by atoms with van der Waals surface area (Å²) in [6.45, 7) is 0.632. The van der Waals surface area contributed by atoms with Gasteiger partial charge in [0.2, 0.25) is 0 Å². The predicted octanol–water partition coefficient (Wildman–Crippen LogP) is 2.22. The van der Waals surface area contributed by atoms with E-state index >= 15 is 0 Å². The van der Waals surface area contributed by atoms with Crippen LogP contribution in [0.2, 0.25) is 0 Å². The molecule has 0 saturated carbocycles. The SMILES string of the molecule is ClCCCN(Cl)Cl. The summed E-state index contributed by atoms with van der Waals surface area (Å²) in [6.07, 6.45) is 0.828. The van der Waals surface area contributed by atoms with Gasteiger partial charge < -0.3 is 0 Å². The Morgan fingerprint density at radius 1 is 1.29 bits per heavy atom. The van der Waals surface area contributed by atoms with Gasteiger partial charge in [-0.15, -0.1) is 15.5 Å². The van der Waals surface area contributed by atoms with Gasteiger partial charge in [0, 0.05) is 12.4 Å². The van der Waals surface area contributed by atoms with Crippen molar-refractivity contribution in [2.45, 2.75) is 6.42 Å². The molecule has 0 aliphatic rings. The maximum atomic E-state index is 5.30. The van der Waals surface area contributed by atoms with E-state index in [0.717, 1.165) is 10.4 Å². The molecule has 0 heterocycles. The molecular formula is C3H6Cl3N. The van der Waals surface area contributed by atoms with E-state index in [9.17, 15) is 0 Å². The normalized spacial score (nSPS) is 10.3. The Morgan fingerprint density at radius 2 is 1.86 bits per heavy atom. The maximum Gasteiger partial charge on any atom is 0.0315 e. The molecule has 0 fully saturated rings. The number of hydrogen-bond donors (Lipinski definition) is 0. The predicted molar refractivity (Wildman–Crippen MR) is 33.7 cm³/mol. The zero-order valence-electron chi connectivity index (χ0n) is 3.70. The first-order chi connectivity index (χ1) is 3.27. The standard InChI is InChI=1S/C3H6Cl3N/c4-2-1-3-7(5)6/h1-3H2. The van der Waals surface area contributed by atoms with Gasteiger partial charge in [-0.1, -0.05) is 0 Å². The summed E-state index contributed by atoms with van der Waals surface area (Å²) in [4.78, 5) is 0. The highest BCUT2D eigenvalue weighted by Gasteiger charge is 1.90. The first kappa shape index (κ1) is 7.83. The second kappa shape index (κ2) is 4.98. The van der Waals surface area contributed by atoms with Crippen molar-refractivity contribution in [3.63, 3.8) is 0 Å². The van der Waals surface area contributed by atoms with Crippen molar-refractivity contribution in [3.05, 3.63) is 0 Å². The van der Waals surface area contributed by atoms with Gasteiger partial charge in [-0.05, 0) is 30.0 Å². The molecule has 0 N–H and O–H groups in total. The van der Waals surface area contributed by atoms with Crippen LogP contribution >= 0.6 is 35.2 Å². The van der Waals surface area contributed by atoms with E-state index in [1.54, 1.807) is 0 Å². The number of halogens is 3. The number of alkyl halides is 1. The molecule has 0 unspecified atom stereocenters. The minimum Gasteiger partial charge on any atom is -0.132 e. The van der Waals surface area contributed by atoms with Crippen LogP contribution in [0.3, 0.4) is 0 Å². The van der Waals surface area contributed by atoms with Crippen molar-refractivity contribution in [1.29, 1.82) is 0 Å². The highest BCUT2D eigenvalue weighted by molar-refractivity contribution is 6.33. The average Bonchev–Trinajstić information content (AvgIpc) is 1.61. The Hall–Kier alpha value is 0.830. The third-order valence-electron chi connectivity index (χ3n) is 0.461. The van der Waals surface area contributed by atoms with Crippen molar-refractivity contribution < 1.29 is 0 Å². The quantitative estimate of drug-likeness (QED) is 0.454. The molecule has 0 amide bonds. The third-order valence-corrected chi connectivity index (χ3v) is 1.07. The van der Waals surface area contributed by atoms with Crippen LogP contribution in [0.1, 0.15) is 6.42 Å². The van der Waals surface area contributed by atoms with Crippen LogP contribution in [0.5, 0.6) is 0 Å². The lowest BCUT2D eigenvalue weighted by Crippen LogP contribution is -1.99. The second-order valence-corrected chi connectivity index (χ2v) is 2.44. The molecule has 0 bridgehead atoms. The van der Waals surface area contributed by atoms with Crippen LogP contribution in [-0.2, 0) is 0 Å². The summed E-state index contributed by atoms with van der Waals surface area (Å²) >= 11 is 15.7. The van der Waals surface area contributed by atoms with Crippen LogP contribution in [-0.4, -0.2) is 16.4 Å². The molecule has 0 atom stereocenters. The molecule has 0 saturated heterocycles. The van der Waals surface area contributed by atoms with Crippen LogP contribution in [0, 0.1) is 0 Å². The minimum atomic E-state index is 0.607. The van der Waals surface area contributed by atoms with E-state index in [0.29, 0.717) is 12.4 Å². The Labute approximate surface area is 58.4 Å². The smallest absolute Gasteiger partial charge is 0.0315 e. The Balaban J connectivity index is 2.68. The lowest BCUT2D eigenvalue weighted by Gasteiger charge is -1.97. The van der Waals surface area contributed by atoms with Crippen LogP contribution in [0.15, 0.2) is 0 Å². The monoisotopic (exact) mass is 161 g/mol. The van der Waals surface area contributed by atoms with E-state index in [-0.39, 0.29) is 0 Å². The highest BCUT2D eigenvalue weighted by Crippen LogP contribution is 1.99. The molecule has 0 aliphatic carbocycles. The molecule has 0 aromatic heterocycles. The summed E-state index contributed by atoms with van der Waals surface area (Å²) in [6, 6.07) is 0. The molecule has 0 radical (unpaired) electrons. The van der Waals surface area contributed by atoms with Gasteiger partial charge in [0.1, 0.15) is 0 Å². The lowest BCUT2D eigenvalue weighted by atomic mass is 10.5. The molecule has 0 aromatic rings. The zero-order valence-corrected chi connectivity index (χ0v) is 5.97. The fourth-order valence-electron chi connectivity index (χ4n) is 0.179. The van der Waals surface area contributed by atoms with Gasteiger partial charge in [0.05, 0.1) is 0 Å². The van der Waals surface area contributed by atoms with E-state index in [4.69, 9.17) is 35.2 Å². The molecule has 0 spiro atoms. The molecule has 44 valence electrons. The van der Waals surface area contributed by atoms with Crippen LogP contribution in [0.25, 0.3) is 0 Å². The first-order valence-electron chi connectivity index (χ1n) is 1.92. The fourth-order valence-corrected chi connectivity index (χ4v) is 0.538. The Morgan fingerprint density at radius 3 is 2.00 bits per heavy atom. The van der Waals surface area contributed by atoms with E-state index in [2.05, 4.69) is 0 Å². The summed E-state index contributed by atoms with van der Waals surface area (Å²) < 4.78 is 1.07. The van der Waals surface area contributed by atoms with Gasteiger partial charge in [-0.3, -0.25) is 0 Å². The highest BCUT2D eigenvalue weighted by atomic mass is 35.5. The summed E-state index contributed by atoms with van der Waals surface area (Å²) in [5, 5.41) is 0. The lowest BCUT2D eigenvalue weighted by molar-refractivity contribution is 0.682. The van der Waals surface area contributed by atoms with Crippen molar-refractivity contribution >= 4 is 35.2 Å². The van der Waals surface area contributed by atoms with Gasteiger partial charge in [-0.25, -0.2) is 0 Å².